The van der Waals surface area contributed by atoms with E-state index >= 15 is 0 Å². The molecule has 1 N–H and O–H groups in total. The number of nitrogens with one attached hydrogen (secondary N) is 1. The topological polar surface area (TPSA) is 49.2 Å². The molecule has 0 aliphatic carbocycles. The van der Waals surface area contributed by atoms with Gasteiger partial charge < -0.3 is 19.7 Å². The first-order valence-electron chi connectivity index (χ1n) is 9.80. The van der Waals surface area contributed by atoms with E-state index in [1.807, 2.05) is 30.6 Å². The first-order chi connectivity index (χ1) is 14.1. The van der Waals surface area contributed by atoms with Crippen LogP contribution >= 0.6 is 12.2 Å². The SMILES string of the molecule is CN(C)CCN1C(=S)N[C@@H](c2ccccn2)[C@@H]1c1cccn1Cc1cccnc1. The van der Waals surface area contributed by atoms with Gasteiger partial charge in [0.25, 0.3) is 0 Å². The van der Waals surface area contributed by atoms with Crippen LogP contribution in [0.15, 0.2) is 67.3 Å². The van der Waals surface area contributed by atoms with Crippen LogP contribution in [0.4, 0.5) is 0 Å². The third-order valence-electron chi connectivity index (χ3n) is 5.23. The van der Waals surface area contributed by atoms with Crippen LogP contribution in [0.3, 0.4) is 0 Å². The molecule has 4 rings (SSSR count). The lowest BCUT2D eigenvalue weighted by Gasteiger charge is -2.29. The highest BCUT2D eigenvalue weighted by Crippen LogP contribution is 2.38. The van der Waals surface area contributed by atoms with Gasteiger partial charge in [0.1, 0.15) is 0 Å². The molecule has 29 heavy (non-hydrogen) atoms. The Hall–Kier alpha value is -2.77. The highest BCUT2D eigenvalue weighted by molar-refractivity contribution is 7.80. The summed E-state index contributed by atoms with van der Waals surface area (Å²) in [6.45, 7) is 2.55. The van der Waals surface area contributed by atoms with Crippen LogP contribution < -0.4 is 5.32 Å². The van der Waals surface area contributed by atoms with Crippen LogP contribution in [0.25, 0.3) is 0 Å². The molecule has 2 atom stereocenters. The van der Waals surface area contributed by atoms with Gasteiger partial charge in [-0.3, -0.25) is 9.97 Å². The number of likely N-dealkylation sites (N-methyl/N-ethyl adjacent to an activating group) is 1. The van der Waals surface area contributed by atoms with Gasteiger partial charge in [-0.1, -0.05) is 12.1 Å². The van der Waals surface area contributed by atoms with Gasteiger partial charge in [-0.05, 0) is 62.2 Å². The zero-order chi connectivity index (χ0) is 20.2. The molecule has 1 fully saturated rings. The maximum absolute atomic E-state index is 5.74. The van der Waals surface area contributed by atoms with E-state index in [9.17, 15) is 0 Å². The molecule has 0 amide bonds. The normalized spacial score (nSPS) is 19.0. The van der Waals surface area contributed by atoms with Gasteiger partial charge >= 0.3 is 0 Å². The van der Waals surface area contributed by atoms with Gasteiger partial charge in [-0.2, -0.15) is 0 Å². The number of pyridine rings is 2. The fraction of sp³-hybridized carbons (Fsp3) is 0.318. The van der Waals surface area contributed by atoms with E-state index in [4.69, 9.17) is 12.2 Å². The summed E-state index contributed by atoms with van der Waals surface area (Å²) >= 11 is 5.74. The lowest BCUT2D eigenvalue weighted by molar-refractivity contribution is 0.269. The molecule has 0 bridgehead atoms. The van der Waals surface area contributed by atoms with Crippen molar-refractivity contribution in [3.05, 3.63) is 84.2 Å². The molecule has 0 saturated carbocycles. The van der Waals surface area contributed by atoms with Crippen molar-refractivity contribution in [3.8, 4) is 0 Å². The van der Waals surface area contributed by atoms with Crippen molar-refractivity contribution in [3.63, 3.8) is 0 Å². The summed E-state index contributed by atoms with van der Waals surface area (Å²) in [5.41, 5.74) is 3.39. The summed E-state index contributed by atoms with van der Waals surface area (Å²) in [6, 6.07) is 14.5. The smallest absolute Gasteiger partial charge is 0.170 e. The summed E-state index contributed by atoms with van der Waals surface area (Å²) in [6.07, 6.45) is 7.69. The number of nitrogens with zero attached hydrogens (tertiary/aromatic N) is 5. The number of rotatable bonds is 7. The Morgan fingerprint density at radius 2 is 2.00 bits per heavy atom. The molecule has 6 nitrogen and oxygen atoms in total. The zero-order valence-electron chi connectivity index (χ0n) is 16.8. The van der Waals surface area contributed by atoms with E-state index < -0.39 is 0 Å². The van der Waals surface area contributed by atoms with E-state index in [-0.39, 0.29) is 12.1 Å². The predicted octanol–water partition coefficient (Wildman–Crippen LogP) is 2.86. The molecule has 3 aromatic rings. The molecular weight excluding hydrogens is 380 g/mol. The minimum atomic E-state index is 0.00779. The van der Waals surface area contributed by atoms with Crippen molar-refractivity contribution in [2.24, 2.45) is 0 Å². The maximum atomic E-state index is 5.74. The molecule has 1 aliphatic heterocycles. The Morgan fingerprint density at radius 1 is 1.10 bits per heavy atom. The first kappa shape index (κ1) is 19.5. The second kappa shape index (κ2) is 8.71. The summed E-state index contributed by atoms with van der Waals surface area (Å²) in [5, 5.41) is 4.30. The average Bonchev–Trinajstić information content (AvgIpc) is 3.31. The summed E-state index contributed by atoms with van der Waals surface area (Å²) in [5.74, 6) is 0. The third kappa shape index (κ3) is 4.31. The van der Waals surface area contributed by atoms with E-state index in [0.29, 0.717) is 0 Å². The van der Waals surface area contributed by atoms with E-state index in [2.05, 4.69) is 74.2 Å². The lowest BCUT2D eigenvalue weighted by Crippen LogP contribution is -2.36. The summed E-state index contributed by atoms with van der Waals surface area (Å²) < 4.78 is 2.29. The zero-order valence-corrected chi connectivity index (χ0v) is 17.6. The molecule has 4 heterocycles. The number of aromatic nitrogens is 3. The van der Waals surface area contributed by atoms with Crippen LogP contribution in [0, 0.1) is 0 Å². The predicted molar refractivity (Wildman–Crippen MR) is 118 cm³/mol. The van der Waals surface area contributed by atoms with E-state index in [0.717, 1.165) is 30.4 Å². The Bertz CT molecular complexity index is 940. The van der Waals surface area contributed by atoms with Crippen molar-refractivity contribution in [2.45, 2.75) is 18.6 Å². The fourth-order valence-corrected chi connectivity index (χ4v) is 4.14. The van der Waals surface area contributed by atoms with Crippen LogP contribution in [0.1, 0.15) is 29.0 Å². The molecule has 1 saturated heterocycles. The van der Waals surface area contributed by atoms with Crippen LogP contribution in [0.2, 0.25) is 0 Å². The van der Waals surface area contributed by atoms with Gasteiger partial charge in [0.15, 0.2) is 5.11 Å². The van der Waals surface area contributed by atoms with Gasteiger partial charge in [-0.15, -0.1) is 0 Å². The van der Waals surface area contributed by atoms with Gasteiger partial charge in [-0.25, -0.2) is 0 Å². The van der Waals surface area contributed by atoms with Crippen molar-refractivity contribution in [1.29, 1.82) is 0 Å². The van der Waals surface area contributed by atoms with E-state index in [1.54, 1.807) is 6.20 Å². The molecule has 150 valence electrons. The third-order valence-corrected chi connectivity index (χ3v) is 5.58. The standard InChI is InChI=1S/C22H26N6S/c1-26(2)13-14-28-21(20(25-22(28)29)18-8-3-4-11-24-18)19-9-6-12-27(19)16-17-7-5-10-23-15-17/h3-12,15,20-21H,13-14,16H2,1-2H3,(H,25,29)/t20-,21-/m0/s1. The van der Waals surface area contributed by atoms with Crippen molar-refractivity contribution < 1.29 is 0 Å². The average molecular weight is 407 g/mol. The highest BCUT2D eigenvalue weighted by Gasteiger charge is 2.40. The fourth-order valence-electron chi connectivity index (χ4n) is 3.80. The molecule has 0 spiro atoms. The van der Waals surface area contributed by atoms with Crippen LogP contribution in [-0.4, -0.2) is 56.6 Å². The second-order valence-electron chi connectivity index (χ2n) is 7.55. The molecule has 0 unspecified atom stereocenters. The maximum Gasteiger partial charge on any atom is 0.170 e. The van der Waals surface area contributed by atoms with Crippen LogP contribution in [0.5, 0.6) is 0 Å². The molecule has 0 aromatic carbocycles. The van der Waals surface area contributed by atoms with E-state index in [1.165, 1.54) is 11.3 Å². The molecule has 0 radical (unpaired) electrons. The first-order valence-corrected chi connectivity index (χ1v) is 10.2. The minimum absolute atomic E-state index is 0.00779. The monoisotopic (exact) mass is 406 g/mol. The van der Waals surface area contributed by atoms with Crippen molar-refractivity contribution in [1.82, 2.24) is 29.7 Å². The molecule has 1 aliphatic rings. The number of hydrogen-bond donors (Lipinski definition) is 1. The van der Waals surface area contributed by atoms with Crippen LogP contribution in [-0.2, 0) is 6.54 Å². The number of hydrogen-bond acceptors (Lipinski definition) is 4. The van der Waals surface area contributed by atoms with Crippen molar-refractivity contribution in [2.75, 3.05) is 27.2 Å². The Kier molecular flexibility index (Phi) is 5.87. The highest BCUT2D eigenvalue weighted by atomic mass is 32.1. The number of thiocarbonyl (C=S) groups is 1. The Balaban J connectivity index is 1.70. The molecule has 7 heteroatoms. The van der Waals surface area contributed by atoms with Gasteiger partial charge in [0.2, 0.25) is 0 Å². The van der Waals surface area contributed by atoms with Gasteiger partial charge in [0.05, 0.1) is 17.8 Å². The molecule has 3 aromatic heterocycles. The minimum Gasteiger partial charge on any atom is -0.352 e. The Labute approximate surface area is 177 Å². The summed E-state index contributed by atoms with van der Waals surface area (Å²) in [4.78, 5) is 13.4. The quantitative estimate of drug-likeness (QED) is 0.609. The largest absolute Gasteiger partial charge is 0.352 e. The van der Waals surface area contributed by atoms with Crippen molar-refractivity contribution >= 4 is 17.3 Å². The molecular formula is C22H26N6S. The van der Waals surface area contributed by atoms with Gasteiger partial charge in [0, 0.05) is 50.1 Å². The second-order valence-corrected chi connectivity index (χ2v) is 7.93. The lowest BCUT2D eigenvalue weighted by atomic mass is 10.0. The Morgan fingerprint density at radius 3 is 2.72 bits per heavy atom. The summed E-state index contributed by atoms with van der Waals surface area (Å²) in [7, 11) is 4.17.